The number of benzene rings is 1. The molecule has 1 amide bonds. The van der Waals surface area contributed by atoms with Crippen LogP contribution in [0.3, 0.4) is 0 Å². The molecular formula is C17H26BrN3O2. The van der Waals surface area contributed by atoms with Gasteiger partial charge in [-0.2, -0.15) is 0 Å². The first-order valence-corrected chi connectivity index (χ1v) is 8.77. The van der Waals surface area contributed by atoms with Gasteiger partial charge in [0, 0.05) is 36.2 Å². The lowest BCUT2D eigenvalue weighted by atomic mass is 10.1. The highest BCUT2D eigenvalue weighted by molar-refractivity contribution is 9.10. The number of hydrogen-bond donors (Lipinski definition) is 2. The fraction of sp³-hybridized carbons (Fsp3) is 0.588. The fourth-order valence-corrected chi connectivity index (χ4v) is 3.29. The van der Waals surface area contributed by atoms with Gasteiger partial charge in [-0.3, -0.25) is 4.90 Å². The van der Waals surface area contributed by atoms with Crippen LogP contribution in [-0.2, 0) is 4.74 Å². The summed E-state index contributed by atoms with van der Waals surface area (Å²) < 4.78 is 6.37. The number of nitrogens with zero attached hydrogens (tertiary/aromatic N) is 1. The third-order valence-electron chi connectivity index (χ3n) is 3.84. The summed E-state index contributed by atoms with van der Waals surface area (Å²) in [6.45, 7) is 7.85. The van der Waals surface area contributed by atoms with Crippen LogP contribution in [0.1, 0.15) is 38.8 Å². The third-order valence-corrected chi connectivity index (χ3v) is 4.33. The number of carbonyl (C=O) groups excluding carboxylic acids is 1. The lowest BCUT2D eigenvalue weighted by Gasteiger charge is -2.27. The standard InChI is InChI=1S/C17H26BrN3O2/c1-17(2,3)23-16(22)20-14-7-8-21(11-14)15(10-19)12-5-4-6-13(18)9-12/h4-6,9,14-15H,7-8,10-11,19H2,1-3H3,(H,20,22)/t14-,15-/m0/s1. The largest absolute Gasteiger partial charge is 0.444 e. The Balaban J connectivity index is 1.94. The van der Waals surface area contributed by atoms with Crippen molar-refractivity contribution < 1.29 is 9.53 Å². The van der Waals surface area contributed by atoms with E-state index in [-0.39, 0.29) is 18.2 Å². The van der Waals surface area contributed by atoms with Crippen molar-refractivity contribution in [2.24, 2.45) is 5.73 Å². The number of alkyl carbamates (subject to hydrolysis) is 1. The van der Waals surface area contributed by atoms with E-state index in [1.807, 2.05) is 32.9 Å². The second-order valence-corrected chi connectivity index (χ2v) is 7.85. The molecule has 2 rings (SSSR count). The molecule has 1 aromatic rings. The molecule has 1 aliphatic rings. The third kappa shape index (κ3) is 5.48. The molecule has 1 aromatic carbocycles. The Morgan fingerprint density at radius 1 is 1.52 bits per heavy atom. The zero-order valence-corrected chi connectivity index (χ0v) is 15.6. The summed E-state index contributed by atoms with van der Waals surface area (Å²) in [5.74, 6) is 0. The molecule has 0 radical (unpaired) electrons. The van der Waals surface area contributed by atoms with Gasteiger partial charge in [0.1, 0.15) is 5.60 Å². The molecule has 1 saturated heterocycles. The highest BCUT2D eigenvalue weighted by atomic mass is 79.9. The Labute approximate surface area is 146 Å². The molecule has 6 heteroatoms. The number of nitrogens with two attached hydrogens (primary N) is 1. The normalized spacial score (nSPS) is 20.3. The van der Waals surface area contributed by atoms with Gasteiger partial charge in [0.25, 0.3) is 0 Å². The predicted molar refractivity (Wildman–Crippen MR) is 95.3 cm³/mol. The molecule has 0 spiro atoms. The van der Waals surface area contributed by atoms with Gasteiger partial charge >= 0.3 is 6.09 Å². The van der Waals surface area contributed by atoms with Gasteiger partial charge in [-0.25, -0.2) is 4.79 Å². The van der Waals surface area contributed by atoms with Crippen molar-refractivity contribution in [3.8, 4) is 0 Å². The molecule has 2 atom stereocenters. The van der Waals surface area contributed by atoms with E-state index in [0.717, 1.165) is 24.0 Å². The van der Waals surface area contributed by atoms with E-state index in [2.05, 4.69) is 38.3 Å². The second-order valence-electron chi connectivity index (χ2n) is 6.93. The summed E-state index contributed by atoms with van der Waals surface area (Å²) in [6, 6.07) is 8.50. The first-order valence-electron chi connectivity index (χ1n) is 7.97. The average molecular weight is 384 g/mol. The highest BCUT2D eigenvalue weighted by Crippen LogP contribution is 2.26. The lowest BCUT2D eigenvalue weighted by molar-refractivity contribution is 0.0504. The molecular weight excluding hydrogens is 358 g/mol. The number of nitrogens with one attached hydrogen (secondary N) is 1. The van der Waals surface area contributed by atoms with E-state index in [0.29, 0.717) is 6.54 Å². The number of rotatable bonds is 4. The smallest absolute Gasteiger partial charge is 0.407 e. The summed E-state index contributed by atoms with van der Waals surface area (Å²) in [5.41, 5.74) is 6.72. The number of amides is 1. The fourth-order valence-electron chi connectivity index (χ4n) is 2.87. The second kappa shape index (κ2) is 7.64. The first-order chi connectivity index (χ1) is 10.8. The van der Waals surface area contributed by atoms with Crippen LogP contribution in [0, 0.1) is 0 Å². The number of ether oxygens (including phenoxy) is 1. The molecule has 0 saturated carbocycles. The van der Waals surface area contributed by atoms with Crippen LogP contribution in [0.25, 0.3) is 0 Å². The summed E-state index contributed by atoms with van der Waals surface area (Å²) in [5, 5.41) is 2.95. The summed E-state index contributed by atoms with van der Waals surface area (Å²) >= 11 is 3.51. The van der Waals surface area contributed by atoms with Gasteiger partial charge in [0.05, 0.1) is 0 Å². The first kappa shape index (κ1) is 18.2. The van der Waals surface area contributed by atoms with E-state index in [9.17, 15) is 4.79 Å². The Morgan fingerprint density at radius 3 is 2.87 bits per heavy atom. The van der Waals surface area contributed by atoms with Gasteiger partial charge in [-0.1, -0.05) is 28.1 Å². The van der Waals surface area contributed by atoms with Crippen LogP contribution < -0.4 is 11.1 Å². The molecule has 23 heavy (non-hydrogen) atoms. The molecule has 128 valence electrons. The number of likely N-dealkylation sites (tertiary alicyclic amines) is 1. The zero-order valence-electron chi connectivity index (χ0n) is 14.0. The van der Waals surface area contributed by atoms with Gasteiger partial charge in [-0.05, 0) is 44.9 Å². The topological polar surface area (TPSA) is 67.6 Å². The molecule has 1 aliphatic heterocycles. The lowest BCUT2D eigenvalue weighted by Crippen LogP contribution is -2.41. The van der Waals surface area contributed by atoms with Crippen molar-refractivity contribution >= 4 is 22.0 Å². The van der Waals surface area contributed by atoms with Crippen LogP contribution in [0.2, 0.25) is 0 Å². The number of carbonyl (C=O) groups is 1. The summed E-state index contributed by atoms with van der Waals surface area (Å²) in [7, 11) is 0. The molecule has 3 N–H and O–H groups in total. The van der Waals surface area contributed by atoms with Crippen LogP contribution in [0.4, 0.5) is 4.79 Å². The maximum Gasteiger partial charge on any atom is 0.407 e. The van der Waals surface area contributed by atoms with Crippen molar-refractivity contribution in [1.29, 1.82) is 0 Å². The summed E-state index contributed by atoms with van der Waals surface area (Å²) in [4.78, 5) is 14.2. The van der Waals surface area contributed by atoms with Crippen molar-refractivity contribution in [3.05, 3.63) is 34.3 Å². The van der Waals surface area contributed by atoms with Gasteiger partial charge in [0.15, 0.2) is 0 Å². The molecule has 5 nitrogen and oxygen atoms in total. The predicted octanol–water partition coefficient (Wildman–Crippen LogP) is 3.05. The summed E-state index contributed by atoms with van der Waals surface area (Å²) in [6.07, 6.45) is 0.556. The number of hydrogen-bond acceptors (Lipinski definition) is 4. The molecule has 1 fully saturated rings. The maximum absolute atomic E-state index is 11.9. The zero-order chi connectivity index (χ0) is 17.0. The van der Waals surface area contributed by atoms with E-state index in [1.165, 1.54) is 5.56 Å². The average Bonchev–Trinajstić information content (AvgIpc) is 2.85. The Hall–Kier alpha value is -1.11. The van der Waals surface area contributed by atoms with E-state index in [4.69, 9.17) is 10.5 Å². The van der Waals surface area contributed by atoms with Crippen LogP contribution >= 0.6 is 15.9 Å². The van der Waals surface area contributed by atoms with Crippen molar-refractivity contribution in [2.75, 3.05) is 19.6 Å². The SMILES string of the molecule is CC(C)(C)OC(=O)N[C@H]1CCN([C@@H](CN)c2cccc(Br)c2)C1. The molecule has 0 aromatic heterocycles. The van der Waals surface area contributed by atoms with Gasteiger partial charge < -0.3 is 15.8 Å². The van der Waals surface area contributed by atoms with Crippen molar-refractivity contribution in [1.82, 2.24) is 10.2 Å². The molecule has 0 aliphatic carbocycles. The van der Waals surface area contributed by atoms with E-state index < -0.39 is 5.60 Å². The van der Waals surface area contributed by atoms with Gasteiger partial charge in [-0.15, -0.1) is 0 Å². The maximum atomic E-state index is 11.9. The number of halogens is 1. The molecule has 0 unspecified atom stereocenters. The van der Waals surface area contributed by atoms with Crippen molar-refractivity contribution in [3.63, 3.8) is 0 Å². The quantitative estimate of drug-likeness (QED) is 0.838. The van der Waals surface area contributed by atoms with E-state index in [1.54, 1.807) is 0 Å². The molecule has 0 bridgehead atoms. The Bertz CT molecular complexity index is 545. The van der Waals surface area contributed by atoms with Crippen molar-refractivity contribution in [2.45, 2.75) is 44.9 Å². The van der Waals surface area contributed by atoms with E-state index >= 15 is 0 Å². The Kier molecular flexibility index (Phi) is 6.06. The minimum atomic E-state index is -0.474. The van der Waals surface area contributed by atoms with Crippen LogP contribution in [0.15, 0.2) is 28.7 Å². The molecule has 1 heterocycles. The Morgan fingerprint density at radius 2 is 2.26 bits per heavy atom. The van der Waals surface area contributed by atoms with Gasteiger partial charge in [0.2, 0.25) is 0 Å². The van der Waals surface area contributed by atoms with Crippen LogP contribution in [0.5, 0.6) is 0 Å². The monoisotopic (exact) mass is 383 g/mol. The van der Waals surface area contributed by atoms with Crippen LogP contribution in [-0.4, -0.2) is 42.3 Å². The minimum absolute atomic E-state index is 0.103. The minimum Gasteiger partial charge on any atom is -0.444 e. The highest BCUT2D eigenvalue weighted by Gasteiger charge is 2.30.